The number of hydrogen-bond donors (Lipinski definition) is 2. The summed E-state index contributed by atoms with van der Waals surface area (Å²) in [5.74, 6) is 2.41. The summed E-state index contributed by atoms with van der Waals surface area (Å²) in [5.41, 5.74) is 2.49. The lowest BCUT2D eigenvalue weighted by Crippen LogP contribution is -2.45. The number of hydrogen-bond acceptors (Lipinski definition) is 8. The minimum atomic E-state index is -0.267. The summed E-state index contributed by atoms with van der Waals surface area (Å²) in [6, 6.07) is 19.0. The topological polar surface area (TPSA) is 107 Å². The lowest BCUT2D eigenvalue weighted by atomic mass is 10.0. The first-order chi connectivity index (χ1) is 19.6. The molecule has 1 fully saturated rings. The monoisotopic (exact) mass is 543 g/mol. The fourth-order valence-corrected chi connectivity index (χ4v) is 4.81. The van der Waals surface area contributed by atoms with Crippen LogP contribution < -0.4 is 29.6 Å². The Bertz CT molecular complexity index is 1460. The number of likely N-dealkylation sites (tertiary alicyclic amines) is 1. The average Bonchev–Trinajstić information content (AvgIpc) is 2.99. The van der Waals surface area contributed by atoms with E-state index < -0.39 is 0 Å². The van der Waals surface area contributed by atoms with E-state index in [-0.39, 0.29) is 12.1 Å². The highest BCUT2D eigenvalue weighted by molar-refractivity contribution is 5.91. The average molecular weight is 544 g/mol. The molecule has 0 spiro atoms. The van der Waals surface area contributed by atoms with Crippen molar-refractivity contribution in [1.82, 2.24) is 20.2 Å². The molecule has 2 amide bonds. The molecule has 10 heteroatoms. The van der Waals surface area contributed by atoms with Crippen LogP contribution in [0.15, 0.2) is 67.0 Å². The highest BCUT2D eigenvalue weighted by Gasteiger charge is 2.21. The summed E-state index contributed by atoms with van der Waals surface area (Å²) in [7, 11) is 4.68. The van der Waals surface area contributed by atoms with Gasteiger partial charge in [0.1, 0.15) is 17.8 Å². The lowest BCUT2D eigenvalue weighted by Gasteiger charge is -2.32. The zero-order valence-corrected chi connectivity index (χ0v) is 22.8. The number of carbonyl (C=O) groups is 1. The van der Waals surface area contributed by atoms with Gasteiger partial charge in [0.2, 0.25) is 5.88 Å². The van der Waals surface area contributed by atoms with Crippen molar-refractivity contribution in [2.45, 2.75) is 25.4 Å². The van der Waals surface area contributed by atoms with Crippen LogP contribution in [0.1, 0.15) is 18.4 Å². The quantitative estimate of drug-likeness (QED) is 0.295. The molecule has 5 rings (SSSR count). The summed E-state index contributed by atoms with van der Waals surface area (Å²) in [6.07, 6.45) is 3.22. The van der Waals surface area contributed by atoms with Crippen LogP contribution in [-0.4, -0.2) is 61.4 Å². The molecule has 2 heterocycles. The molecule has 208 valence electrons. The van der Waals surface area contributed by atoms with Gasteiger partial charge in [0.15, 0.2) is 11.5 Å². The van der Waals surface area contributed by atoms with E-state index in [0.717, 1.165) is 32.5 Å². The highest BCUT2D eigenvalue weighted by atomic mass is 16.5. The molecule has 1 saturated heterocycles. The Hall–Kier alpha value is -4.57. The highest BCUT2D eigenvalue weighted by Crippen LogP contribution is 2.37. The molecule has 0 atom stereocenters. The second-order valence-electron chi connectivity index (χ2n) is 9.50. The fourth-order valence-electron chi connectivity index (χ4n) is 4.81. The van der Waals surface area contributed by atoms with Gasteiger partial charge in [0, 0.05) is 37.8 Å². The van der Waals surface area contributed by atoms with Crippen LogP contribution in [0.25, 0.3) is 10.9 Å². The maximum absolute atomic E-state index is 12.8. The Balaban J connectivity index is 1.20. The molecule has 1 aliphatic heterocycles. The minimum Gasteiger partial charge on any atom is -0.494 e. The smallest absolute Gasteiger partial charge is 0.319 e. The van der Waals surface area contributed by atoms with E-state index >= 15 is 0 Å². The fraction of sp³-hybridized carbons (Fsp3) is 0.300. The summed E-state index contributed by atoms with van der Waals surface area (Å²) in [5, 5.41) is 6.67. The molecule has 0 unspecified atom stereocenters. The number of piperidine rings is 1. The zero-order valence-electron chi connectivity index (χ0n) is 22.8. The van der Waals surface area contributed by atoms with Crippen molar-refractivity contribution < 1.29 is 23.7 Å². The van der Waals surface area contributed by atoms with Crippen LogP contribution >= 0.6 is 0 Å². The molecule has 1 aliphatic rings. The molecule has 0 saturated carbocycles. The van der Waals surface area contributed by atoms with E-state index in [1.165, 1.54) is 11.9 Å². The second kappa shape index (κ2) is 12.5. The van der Waals surface area contributed by atoms with Gasteiger partial charge in [0.05, 0.1) is 37.9 Å². The molecule has 0 bridgehead atoms. The van der Waals surface area contributed by atoms with E-state index in [0.29, 0.717) is 45.5 Å². The van der Waals surface area contributed by atoms with Crippen LogP contribution in [-0.2, 0) is 6.54 Å². The molecular formula is C30H33N5O5. The maximum Gasteiger partial charge on any atom is 0.319 e. The van der Waals surface area contributed by atoms with Crippen LogP contribution in [0.5, 0.6) is 28.9 Å². The van der Waals surface area contributed by atoms with E-state index in [2.05, 4.69) is 49.8 Å². The predicted octanol–water partition coefficient (Wildman–Crippen LogP) is 5.23. The van der Waals surface area contributed by atoms with Gasteiger partial charge in [-0.15, -0.1) is 0 Å². The Morgan fingerprint density at radius 1 is 0.900 bits per heavy atom. The minimum absolute atomic E-state index is 0.113. The first kappa shape index (κ1) is 27.0. The Morgan fingerprint density at radius 2 is 1.62 bits per heavy atom. The molecule has 0 radical (unpaired) electrons. The zero-order chi connectivity index (χ0) is 27.9. The summed E-state index contributed by atoms with van der Waals surface area (Å²) in [6.45, 7) is 2.80. The lowest BCUT2D eigenvalue weighted by molar-refractivity contribution is 0.190. The van der Waals surface area contributed by atoms with Crippen molar-refractivity contribution in [2.24, 2.45) is 0 Å². The van der Waals surface area contributed by atoms with Crippen LogP contribution in [0.3, 0.4) is 0 Å². The van der Waals surface area contributed by atoms with Crippen molar-refractivity contribution in [3.63, 3.8) is 0 Å². The Labute approximate surface area is 233 Å². The van der Waals surface area contributed by atoms with E-state index in [9.17, 15) is 4.79 Å². The van der Waals surface area contributed by atoms with Gasteiger partial charge < -0.3 is 29.6 Å². The molecule has 2 N–H and O–H groups in total. The number of ether oxygens (including phenoxy) is 4. The number of methoxy groups -OCH3 is 3. The third-order valence-corrected chi connectivity index (χ3v) is 6.91. The van der Waals surface area contributed by atoms with Crippen molar-refractivity contribution in [2.75, 3.05) is 39.7 Å². The van der Waals surface area contributed by atoms with Crippen molar-refractivity contribution in [3.05, 3.63) is 72.6 Å². The number of fused-ring (bicyclic) bond motifs is 1. The first-order valence-corrected chi connectivity index (χ1v) is 13.1. The van der Waals surface area contributed by atoms with Gasteiger partial charge in [-0.05, 0) is 36.6 Å². The van der Waals surface area contributed by atoms with Gasteiger partial charge in [-0.2, -0.15) is 0 Å². The third kappa shape index (κ3) is 6.35. The standard InChI is InChI=1S/C30H33N5O5/c1-37-26-15-22(40-29-23-16-27(38-2)28(39-3)17-25(23)31-19-32-29)9-10-24(26)34-30(36)33-21-11-13-35(14-12-21)18-20-7-5-4-6-8-20/h4-10,15-17,19,21H,11-14,18H2,1-3H3,(H2,33,34,36). The van der Waals surface area contributed by atoms with Crippen LogP contribution in [0, 0.1) is 0 Å². The molecule has 3 aromatic carbocycles. The number of amides is 2. The van der Waals surface area contributed by atoms with E-state index in [1.54, 1.807) is 51.7 Å². The maximum atomic E-state index is 12.8. The number of nitrogens with one attached hydrogen (secondary N) is 2. The normalized spacial score (nSPS) is 14.0. The number of rotatable bonds is 9. The van der Waals surface area contributed by atoms with Crippen LogP contribution in [0.2, 0.25) is 0 Å². The largest absolute Gasteiger partial charge is 0.494 e. The van der Waals surface area contributed by atoms with Crippen LogP contribution in [0.4, 0.5) is 10.5 Å². The predicted molar refractivity (Wildman–Crippen MR) is 153 cm³/mol. The van der Waals surface area contributed by atoms with E-state index in [1.807, 2.05) is 6.07 Å². The number of aromatic nitrogens is 2. The number of nitrogens with zero attached hydrogens (tertiary/aromatic N) is 3. The van der Waals surface area contributed by atoms with Crippen molar-refractivity contribution >= 4 is 22.6 Å². The van der Waals surface area contributed by atoms with E-state index in [4.69, 9.17) is 18.9 Å². The van der Waals surface area contributed by atoms with Gasteiger partial charge in [-0.1, -0.05) is 30.3 Å². The van der Waals surface area contributed by atoms with Gasteiger partial charge >= 0.3 is 6.03 Å². The van der Waals surface area contributed by atoms with Gasteiger partial charge in [-0.25, -0.2) is 14.8 Å². The van der Waals surface area contributed by atoms with Gasteiger partial charge in [-0.3, -0.25) is 4.90 Å². The Morgan fingerprint density at radius 3 is 2.35 bits per heavy atom. The number of benzene rings is 3. The third-order valence-electron chi connectivity index (χ3n) is 6.91. The molecule has 4 aromatic rings. The number of urea groups is 1. The summed E-state index contributed by atoms with van der Waals surface area (Å²) in [4.78, 5) is 23.8. The number of carbonyl (C=O) groups excluding carboxylic acids is 1. The SMILES string of the molecule is COc1cc(Oc2ncnc3cc(OC)c(OC)cc23)ccc1NC(=O)NC1CCN(Cc2ccccc2)CC1. The summed E-state index contributed by atoms with van der Waals surface area (Å²) >= 11 is 0. The molecule has 40 heavy (non-hydrogen) atoms. The van der Waals surface area contributed by atoms with Crippen molar-refractivity contribution in [1.29, 1.82) is 0 Å². The van der Waals surface area contributed by atoms with Gasteiger partial charge in [0.25, 0.3) is 0 Å². The molecule has 1 aromatic heterocycles. The second-order valence-corrected chi connectivity index (χ2v) is 9.50. The molecular weight excluding hydrogens is 510 g/mol. The van der Waals surface area contributed by atoms with Crippen molar-refractivity contribution in [3.8, 4) is 28.9 Å². The number of anilines is 1. The first-order valence-electron chi connectivity index (χ1n) is 13.1. The Kier molecular flexibility index (Phi) is 8.46. The molecule has 10 nitrogen and oxygen atoms in total. The summed E-state index contributed by atoms with van der Waals surface area (Å²) < 4.78 is 22.4. The molecule has 0 aliphatic carbocycles.